The molecule has 15 heteroatoms. The van der Waals surface area contributed by atoms with Crippen molar-refractivity contribution in [3.05, 3.63) is 0 Å². The van der Waals surface area contributed by atoms with Crippen LogP contribution >= 0.6 is 22.6 Å². The Balaban J connectivity index is 3.12. The number of hydrogen-bond donors (Lipinski definition) is 0. The number of rotatable bonds is 9. The zero-order chi connectivity index (χ0) is 21.7. The Labute approximate surface area is 156 Å². The van der Waals surface area contributed by atoms with Crippen molar-refractivity contribution in [2.45, 2.75) is 65.1 Å². The SMILES string of the molecule is FC(F)(F)C(F)(F)C(F)(F)C(F)(F)C(F)(F)C(F)(F)CC(I)CCC1CO1. The molecule has 0 aromatic heterocycles. The summed E-state index contributed by atoms with van der Waals surface area (Å²) in [6, 6.07) is 0. The van der Waals surface area contributed by atoms with E-state index in [4.69, 9.17) is 0 Å². The van der Waals surface area contributed by atoms with E-state index in [2.05, 4.69) is 4.74 Å². The van der Waals surface area contributed by atoms with Crippen molar-refractivity contribution < 1.29 is 61.8 Å². The lowest BCUT2D eigenvalue weighted by Gasteiger charge is -2.40. The Hall–Kier alpha value is -0.220. The monoisotopic (exact) mass is 544 g/mol. The molecule has 1 fully saturated rings. The van der Waals surface area contributed by atoms with Crippen LogP contribution in [0.15, 0.2) is 0 Å². The smallest absolute Gasteiger partial charge is 0.373 e. The van der Waals surface area contributed by atoms with Crippen molar-refractivity contribution in [2.75, 3.05) is 6.61 Å². The van der Waals surface area contributed by atoms with Crippen LogP contribution in [0.25, 0.3) is 0 Å². The molecule has 2 unspecified atom stereocenters. The first kappa shape index (κ1) is 24.8. The lowest BCUT2D eigenvalue weighted by Crippen LogP contribution is -2.70. The molecule has 0 spiro atoms. The van der Waals surface area contributed by atoms with Crippen LogP contribution in [0.3, 0.4) is 0 Å². The van der Waals surface area contributed by atoms with Gasteiger partial charge in [-0.15, -0.1) is 0 Å². The third-order valence-electron chi connectivity index (χ3n) is 3.68. The van der Waals surface area contributed by atoms with E-state index in [-0.39, 0.29) is 25.6 Å². The van der Waals surface area contributed by atoms with E-state index in [1.165, 1.54) is 0 Å². The molecule has 2 atom stereocenters. The van der Waals surface area contributed by atoms with Gasteiger partial charge in [0.1, 0.15) is 0 Å². The first-order valence-corrected chi connectivity index (χ1v) is 8.18. The predicted octanol–water partition coefficient (Wildman–Crippen LogP) is 6.10. The van der Waals surface area contributed by atoms with Crippen LogP contribution in [0.1, 0.15) is 19.3 Å². The highest BCUT2D eigenvalue weighted by atomic mass is 127. The minimum Gasteiger partial charge on any atom is -0.373 e. The molecule has 1 saturated heterocycles. The largest absolute Gasteiger partial charge is 0.460 e. The fourth-order valence-corrected chi connectivity index (χ4v) is 2.82. The minimum atomic E-state index is -7.84. The molecule has 0 aromatic carbocycles. The van der Waals surface area contributed by atoms with E-state index in [9.17, 15) is 57.1 Å². The Morgan fingerprint density at radius 2 is 1.15 bits per heavy atom. The topological polar surface area (TPSA) is 12.5 Å². The van der Waals surface area contributed by atoms with Crippen molar-refractivity contribution in [1.82, 2.24) is 0 Å². The third-order valence-corrected chi connectivity index (χ3v) is 4.74. The number of hydrogen-bond acceptors (Lipinski definition) is 1. The molecule has 1 rings (SSSR count). The predicted molar refractivity (Wildman–Crippen MR) is 72.2 cm³/mol. The second-order valence-electron chi connectivity index (χ2n) is 5.83. The summed E-state index contributed by atoms with van der Waals surface area (Å²) in [5.41, 5.74) is 0. The normalized spacial score (nSPS) is 21.3. The lowest BCUT2D eigenvalue weighted by atomic mass is 9.91. The molecule has 0 aromatic rings. The highest BCUT2D eigenvalue weighted by molar-refractivity contribution is 14.1. The van der Waals surface area contributed by atoms with Crippen LogP contribution in [0.4, 0.5) is 57.1 Å². The average molecular weight is 544 g/mol. The molecule has 27 heavy (non-hydrogen) atoms. The summed E-state index contributed by atoms with van der Waals surface area (Å²) in [4.78, 5) is 0. The van der Waals surface area contributed by atoms with E-state index in [0.29, 0.717) is 0 Å². The van der Waals surface area contributed by atoms with Gasteiger partial charge in [-0.05, 0) is 12.8 Å². The second kappa shape index (κ2) is 7.23. The first-order chi connectivity index (χ1) is 11.7. The summed E-state index contributed by atoms with van der Waals surface area (Å²) in [6.07, 6.45) is -10.2. The fourth-order valence-electron chi connectivity index (χ4n) is 1.91. The van der Waals surface area contributed by atoms with E-state index in [0.717, 1.165) is 22.6 Å². The molecule has 0 saturated carbocycles. The van der Waals surface area contributed by atoms with Gasteiger partial charge in [-0.1, -0.05) is 22.6 Å². The molecule has 162 valence electrons. The van der Waals surface area contributed by atoms with Gasteiger partial charge in [0.25, 0.3) is 0 Å². The quantitative estimate of drug-likeness (QED) is 0.148. The molecule has 1 aliphatic heterocycles. The Morgan fingerprint density at radius 1 is 0.741 bits per heavy atom. The van der Waals surface area contributed by atoms with Crippen molar-refractivity contribution in [2.24, 2.45) is 0 Å². The zero-order valence-corrected chi connectivity index (χ0v) is 14.8. The third kappa shape index (κ3) is 4.37. The minimum absolute atomic E-state index is 0.0496. The van der Waals surface area contributed by atoms with E-state index in [1.807, 2.05) is 0 Å². The molecule has 0 N–H and O–H groups in total. The van der Waals surface area contributed by atoms with Crippen LogP contribution in [-0.2, 0) is 4.74 Å². The van der Waals surface area contributed by atoms with Gasteiger partial charge in [0.05, 0.1) is 12.7 Å². The van der Waals surface area contributed by atoms with Crippen molar-refractivity contribution in [3.8, 4) is 0 Å². The van der Waals surface area contributed by atoms with Crippen LogP contribution in [0, 0.1) is 0 Å². The summed E-state index contributed by atoms with van der Waals surface area (Å²) in [5, 5.41) is 0. The van der Waals surface area contributed by atoms with Gasteiger partial charge < -0.3 is 4.74 Å². The molecular weight excluding hydrogens is 534 g/mol. The highest BCUT2D eigenvalue weighted by Gasteiger charge is 2.90. The van der Waals surface area contributed by atoms with Gasteiger partial charge in [0, 0.05) is 10.3 Å². The van der Waals surface area contributed by atoms with Gasteiger partial charge in [0.2, 0.25) is 0 Å². The van der Waals surface area contributed by atoms with Crippen LogP contribution < -0.4 is 0 Å². The van der Waals surface area contributed by atoms with Crippen molar-refractivity contribution in [3.63, 3.8) is 0 Å². The Morgan fingerprint density at radius 3 is 1.52 bits per heavy atom. The van der Waals surface area contributed by atoms with E-state index < -0.39 is 46.1 Å². The van der Waals surface area contributed by atoms with Crippen LogP contribution in [0.2, 0.25) is 0 Å². The standard InChI is InChI=1S/C12H10F13IO/c13-7(14,3-5(26)1-2-6-4-27-6)8(15,16)9(17,18)10(19,20)11(21,22)12(23,24)25/h5-6H,1-4H2. The maximum atomic E-state index is 13.6. The Bertz CT molecular complexity index is 526. The molecule has 0 radical (unpaired) electrons. The van der Waals surface area contributed by atoms with Gasteiger partial charge in [-0.3, -0.25) is 0 Å². The molecule has 1 heterocycles. The van der Waals surface area contributed by atoms with Crippen LogP contribution in [0.5, 0.6) is 0 Å². The first-order valence-electron chi connectivity index (χ1n) is 6.94. The van der Waals surface area contributed by atoms with Crippen molar-refractivity contribution in [1.29, 1.82) is 0 Å². The van der Waals surface area contributed by atoms with Gasteiger partial charge in [-0.25, -0.2) is 0 Å². The summed E-state index contributed by atoms with van der Waals surface area (Å²) in [5.74, 6) is -36.4. The Kier molecular flexibility index (Phi) is 6.65. The average Bonchev–Trinajstić information content (AvgIpc) is 3.26. The number of ether oxygens (including phenoxy) is 1. The summed E-state index contributed by atoms with van der Waals surface area (Å²) >= 11 is 1.12. The summed E-state index contributed by atoms with van der Waals surface area (Å²) in [6.45, 7) is 0.243. The van der Waals surface area contributed by atoms with Gasteiger partial charge >= 0.3 is 35.8 Å². The second-order valence-corrected chi connectivity index (χ2v) is 7.60. The summed E-state index contributed by atoms with van der Waals surface area (Å²) in [7, 11) is 0. The molecule has 1 nitrogen and oxygen atoms in total. The molecule has 1 aliphatic rings. The molecular formula is C12H10F13IO. The van der Waals surface area contributed by atoms with Gasteiger partial charge in [0.15, 0.2) is 0 Å². The van der Waals surface area contributed by atoms with Gasteiger partial charge in [-0.2, -0.15) is 57.1 Å². The number of alkyl halides is 14. The molecule has 0 amide bonds. The highest BCUT2D eigenvalue weighted by Crippen LogP contribution is 2.61. The maximum Gasteiger partial charge on any atom is 0.460 e. The summed E-state index contributed by atoms with van der Waals surface area (Å²) < 4.78 is 171. The fraction of sp³-hybridized carbons (Fsp3) is 1.00. The molecule has 0 aliphatic carbocycles. The molecule has 0 bridgehead atoms. The lowest BCUT2D eigenvalue weighted by molar-refractivity contribution is -0.440. The number of halogens is 14. The van der Waals surface area contributed by atoms with E-state index >= 15 is 0 Å². The number of epoxide rings is 1. The van der Waals surface area contributed by atoms with Crippen LogP contribution in [-0.4, -0.2) is 52.4 Å². The maximum absolute atomic E-state index is 13.6. The van der Waals surface area contributed by atoms with E-state index in [1.54, 1.807) is 0 Å². The zero-order valence-electron chi connectivity index (χ0n) is 12.7. The van der Waals surface area contributed by atoms with Crippen molar-refractivity contribution >= 4 is 22.6 Å².